The zero-order chi connectivity index (χ0) is 14.8. The number of rotatable bonds is 4. The molecule has 0 atom stereocenters. The zero-order valence-corrected chi connectivity index (χ0v) is 13.5. The molecule has 0 unspecified atom stereocenters. The Bertz CT molecular complexity index is 844. The SMILES string of the molecule is c1csc(CNc2ccc(-c3nc4ccccc4s3)cc2)c1. The van der Waals surface area contributed by atoms with Crippen molar-refractivity contribution in [3.8, 4) is 10.6 Å². The number of thiazole rings is 1. The maximum absolute atomic E-state index is 4.70. The van der Waals surface area contributed by atoms with Gasteiger partial charge in [0.1, 0.15) is 5.01 Å². The molecule has 2 aromatic heterocycles. The average Bonchev–Trinajstić information content (AvgIpc) is 3.22. The van der Waals surface area contributed by atoms with Crippen molar-refractivity contribution in [2.45, 2.75) is 6.54 Å². The van der Waals surface area contributed by atoms with E-state index in [0.29, 0.717) is 0 Å². The lowest BCUT2D eigenvalue weighted by molar-refractivity contribution is 1.19. The van der Waals surface area contributed by atoms with E-state index >= 15 is 0 Å². The molecule has 0 aliphatic carbocycles. The molecule has 0 radical (unpaired) electrons. The van der Waals surface area contributed by atoms with Crippen LogP contribution in [0.15, 0.2) is 66.0 Å². The van der Waals surface area contributed by atoms with Gasteiger partial charge >= 0.3 is 0 Å². The predicted octanol–water partition coefficient (Wildman–Crippen LogP) is 5.64. The highest BCUT2D eigenvalue weighted by Gasteiger charge is 2.05. The van der Waals surface area contributed by atoms with Crippen LogP contribution in [0.25, 0.3) is 20.8 Å². The molecule has 0 spiro atoms. The van der Waals surface area contributed by atoms with Gasteiger partial charge in [-0.1, -0.05) is 18.2 Å². The van der Waals surface area contributed by atoms with E-state index in [9.17, 15) is 0 Å². The van der Waals surface area contributed by atoms with Crippen molar-refractivity contribution < 1.29 is 0 Å². The topological polar surface area (TPSA) is 24.9 Å². The molecule has 0 bridgehead atoms. The third kappa shape index (κ3) is 2.75. The number of nitrogens with one attached hydrogen (secondary N) is 1. The highest BCUT2D eigenvalue weighted by molar-refractivity contribution is 7.21. The number of anilines is 1. The Morgan fingerprint density at radius 2 is 1.77 bits per heavy atom. The van der Waals surface area contributed by atoms with Crippen LogP contribution in [0.5, 0.6) is 0 Å². The number of hydrogen-bond acceptors (Lipinski definition) is 4. The van der Waals surface area contributed by atoms with Crippen LogP contribution in [0.3, 0.4) is 0 Å². The molecule has 0 aliphatic rings. The summed E-state index contributed by atoms with van der Waals surface area (Å²) in [5, 5.41) is 6.63. The first kappa shape index (κ1) is 13.5. The summed E-state index contributed by atoms with van der Waals surface area (Å²) in [5.74, 6) is 0. The summed E-state index contributed by atoms with van der Waals surface area (Å²) in [6.45, 7) is 0.873. The van der Waals surface area contributed by atoms with E-state index in [2.05, 4.69) is 65.3 Å². The van der Waals surface area contributed by atoms with Crippen molar-refractivity contribution in [3.05, 3.63) is 70.9 Å². The van der Waals surface area contributed by atoms with E-state index < -0.39 is 0 Å². The molecule has 0 fully saturated rings. The number of aromatic nitrogens is 1. The van der Waals surface area contributed by atoms with Gasteiger partial charge in [0.2, 0.25) is 0 Å². The van der Waals surface area contributed by atoms with Gasteiger partial charge in [-0.15, -0.1) is 22.7 Å². The summed E-state index contributed by atoms with van der Waals surface area (Å²) in [7, 11) is 0. The maximum Gasteiger partial charge on any atom is 0.124 e. The van der Waals surface area contributed by atoms with Crippen LogP contribution >= 0.6 is 22.7 Å². The molecule has 2 aromatic carbocycles. The van der Waals surface area contributed by atoms with Crippen LogP contribution in [0.1, 0.15) is 4.88 Å². The first-order valence-electron chi connectivity index (χ1n) is 7.11. The molecule has 4 aromatic rings. The molecule has 22 heavy (non-hydrogen) atoms. The first-order chi connectivity index (χ1) is 10.9. The largest absolute Gasteiger partial charge is 0.380 e. The van der Waals surface area contributed by atoms with Gasteiger partial charge < -0.3 is 5.32 Å². The quantitative estimate of drug-likeness (QED) is 0.526. The fourth-order valence-corrected chi connectivity index (χ4v) is 3.94. The second kappa shape index (κ2) is 5.91. The van der Waals surface area contributed by atoms with Crippen LogP contribution in [-0.4, -0.2) is 4.98 Å². The molecule has 0 amide bonds. The number of para-hydroxylation sites is 1. The average molecular weight is 322 g/mol. The van der Waals surface area contributed by atoms with Gasteiger partial charge in [0.05, 0.1) is 10.2 Å². The lowest BCUT2D eigenvalue weighted by Crippen LogP contribution is -1.96. The fourth-order valence-electron chi connectivity index (χ4n) is 2.33. The van der Waals surface area contributed by atoms with Gasteiger partial charge in [0.15, 0.2) is 0 Å². The Balaban J connectivity index is 1.53. The molecule has 2 heterocycles. The molecular formula is C18H14N2S2. The van der Waals surface area contributed by atoms with Crippen molar-refractivity contribution in [2.75, 3.05) is 5.32 Å². The Morgan fingerprint density at radius 1 is 0.909 bits per heavy atom. The lowest BCUT2D eigenvalue weighted by Gasteiger charge is -2.05. The van der Waals surface area contributed by atoms with Crippen molar-refractivity contribution in [3.63, 3.8) is 0 Å². The third-order valence-electron chi connectivity index (χ3n) is 3.47. The van der Waals surface area contributed by atoms with Crippen LogP contribution in [-0.2, 0) is 6.54 Å². The van der Waals surface area contributed by atoms with Crippen molar-refractivity contribution in [2.24, 2.45) is 0 Å². The second-order valence-corrected chi connectivity index (χ2v) is 7.06. The highest BCUT2D eigenvalue weighted by Crippen LogP contribution is 2.30. The second-order valence-electron chi connectivity index (χ2n) is 5.00. The van der Waals surface area contributed by atoms with E-state index in [-0.39, 0.29) is 0 Å². The van der Waals surface area contributed by atoms with E-state index in [1.165, 1.54) is 15.1 Å². The van der Waals surface area contributed by atoms with E-state index in [0.717, 1.165) is 22.8 Å². The van der Waals surface area contributed by atoms with Gasteiger partial charge in [-0.25, -0.2) is 4.98 Å². The Kier molecular flexibility index (Phi) is 3.62. The van der Waals surface area contributed by atoms with Crippen LogP contribution < -0.4 is 5.32 Å². The minimum absolute atomic E-state index is 0.873. The van der Waals surface area contributed by atoms with Gasteiger partial charge in [0.25, 0.3) is 0 Å². The molecule has 0 saturated heterocycles. The third-order valence-corrected chi connectivity index (χ3v) is 5.43. The Morgan fingerprint density at radius 3 is 2.55 bits per heavy atom. The summed E-state index contributed by atoms with van der Waals surface area (Å²) in [6, 6.07) is 21.0. The summed E-state index contributed by atoms with van der Waals surface area (Å²) in [5.41, 5.74) is 3.38. The maximum atomic E-state index is 4.70. The minimum atomic E-state index is 0.873. The minimum Gasteiger partial charge on any atom is -0.380 e. The van der Waals surface area contributed by atoms with Crippen LogP contribution in [0, 0.1) is 0 Å². The number of hydrogen-bond donors (Lipinski definition) is 1. The fraction of sp³-hybridized carbons (Fsp3) is 0.0556. The zero-order valence-electron chi connectivity index (χ0n) is 11.8. The van der Waals surface area contributed by atoms with Gasteiger partial charge in [-0.3, -0.25) is 0 Å². The Hall–Kier alpha value is -2.17. The molecule has 4 heteroatoms. The first-order valence-corrected chi connectivity index (χ1v) is 8.80. The van der Waals surface area contributed by atoms with Crippen LogP contribution in [0.4, 0.5) is 5.69 Å². The molecule has 1 N–H and O–H groups in total. The molecule has 0 aliphatic heterocycles. The molecule has 2 nitrogen and oxygen atoms in total. The monoisotopic (exact) mass is 322 g/mol. The molecular weight excluding hydrogens is 308 g/mol. The lowest BCUT2D eigenvalue weighted by atomic mass is 10.2. The number of fused-ring (bicyclic) bond motifs is 1. The van der Waals surface area contributed by atoms with E-state index in [1.54, 1.807) is 22.7 Å². The smallest absolute Gasteiger partial charge is 0.124 e. The number of nitrogens with zero attached hydrogens (tertiary/aromatic N) is 1. The van der Waals surface area contributed by atoms with Crippen LogP contribution in [0.2, 0.25) is 0 Å². The normalized spacial score (nSPS) is 10.9. The predicted molar refractivity (Wildman–Crippen MR) is 96.7 cm³/mol. The molecule has 108 valence electrons. The van der Waals surface area contributed by atoms with Gasteiger partial charge in [-0.2, -0.15) is 0 Å². The van der Waals surface area contributed by atoms with E-state index in [4.69, 9.17) is 4.98 Å². The number of thiophene rings is 1. The Labute approximate surface area is 137 Å². The molecule has 4 rings (SSSR count). The summed E-state index contributed by atoms with van der Waals surface area (Å²) in [4.78, 5) is 6.04. The van der Waals surface area contributed by atoms with Gasteiger partial charge in [-0.05, 0) is 47.8 Å². The van der Waals surface area contributed by atoms with E-state index in [1.807, 2.05) is 6.07 Å². The van der Waals surface area contributed by atoms with Crippen molar-refractivity contribution in [1.29, 1.82) is 0 Å². The summed E-state index contributed by atoms with van der Waals surface area (Å²) in [6.07, 6.45) is 0. The highest BCUT2D eigenvalue weighted by atomic mass is 32.1. The summed E-state index contributed by atoms with van der Waals surface area (Å²) >= 11 is 3.51. The van der Waals surface area contributed by atoms with Gasteiger partial charge in [0, 0.05) is 22.7 Å². The van der Waals surface area contributed by atoms with Crippen molar-refractivity contribution >= 4 is 38.6 Å². The number of benzene rings is 2. The molecule has 0 saturated carbocycles. The standard InChI is InChI=1S/C18H14N2S2/c1-2-6-17-16(5-1)20-18(22-17)13-7-9-14(10-8-13)19-12-15-4-3-11-21-15/h1-11,19H,12H2. The summed E-state index contributed by atoms with van der Waals surface area (Å²) < 4.78 is 1.23. The van der Waals surface area contributed by atoms with Crippen molar-refractivity contribution in [1.82, 2.24) is 4.98 Å².